The number of ether oxygens (including phenoxy) is 1. The van der Waals surface area contributed by atoms with Gasteiger partial charge in [0.1, 0.15) is 0 Å². The van der Waals surface area contributed by atoms with Crippen molar-refractivity contribution in [3.8, 4) is 0 Å². The van der Waals surface area contributed by atoms with E-state index >= 15 is 0 Å². The SMILES string of the molecule is COC(=O)c1cc(N)cc(Cl)c1N(C)CC1CC1. The molecule has 1 aliphatic carbocycles. The number of nitrogens with two attached hydrogens (primary N) is 1. The molecule has 0 radical (unpaired) electrons. The summed E-state index contributed by atoms with van der Waals surface area (Å²) in [4.78, 5) is 13.8. The topological polar surface area (TPSA) is 55.6 Å². The molecular weight excluding hydrogens is 252 g/mol. The van der Waals surface area contributed by atoms with E-state index in [-0.39, 0.29) is 0 Å². The summed E-state index contributed by atoms with van der Waals surface area (Å²) in [7, 11) is 3.28. The third kappa shape index (κ3) is 2.70. The summed E-state index contributed by atoms with van der Waals surface area (Å²) in [5, 5.41) is 0.485. The number of nitrogen functional groups attached to an aromatic ring is 1. The normalized spacial score (nSPS) is 14.4. The Morgan fingerprint density at radius 1 is 1.56 bits per heavy atom. The lowest BCUT2D eigenvalue weighted by atomic mass is 10.1. The fourth-order valence-corrected chi connectivity index (χ4v) is 2.42. The second-order valence-electron chi connectivity index (χ2n) is 4.71. The van der Waals surface area contributed by atoms with Crippen LogP contribution in [0.4, 0.5) is 11.4 Å². The summed E-state index contributed by atoms with van der Waals surface area (Å²) in [5.41, 5.74) is 7.31. The molecule has 0 saturated heterocycles. The average Bonchev–Trinajstić information content (AvgIpc) is 3.10. The van der Waals surface area contributed by atoms with Gasteiger partial charge >= 0.3 is 5.97 Å². The minimum absolute atomic E-state index is 0.415. The molecule has 0 aromatic heterocycles. The molecule has 1 saturated carbocycles. The smallest absolute Gasteiger partial charge is 0.340 e. The molecular formula is C13H17ClN2O2. The van der Waals surface area contributed by atoms with Crippen LogP contribution in [0.15, 0.2) is 12.1 Å². The molecule has 98 valence electrons. The van der Waals surface area contributed by atoms with Crippen molar-refractivity contribution < 1.29 is 9.53 Å². The summed E-state index contributed by atoms with van der Waals surface area (Å²) in [5.74, 6) is 0.288. The summed E-state index contributed by atoms with van der Waals surface area (Å²) in [6.45, 7) is 0.896. The zero-order valence-electron chi connectivity index (χ0n) is 10.6. The standard InChI is InChI=1S/C13H17ClN2O2/c1-16(7-8-3-4-8)12-10(13(17)18-2)5-9(15)6-11(12)14/h5-6,8H,3-4,7,15H2,1-2H3. The maximum absolute atomic E-state index is 11.8. The number of methoxy groups -OCH3 is 1. The number of halogens is 1. The van der Waals surface area contributed by atoms with Gasteiger partial charge in [-0.15, -0.1) is 0 Å². The average molecular weight is 269 g/mol. The van der Waals surface area contributed by atoms with Gasteiger partial charge in [-0.2, -0.15) is 0 Å². The Morgan fingerprint density at radius 3 is 2.78 bits per heavy atom. The number of hydrogen-bond acceptors (Lipinski definition) is 4. The first-order chi connectivity index (χ1) is 8.52. The van der Waals surface area contributed by atoms with Gasteiger partial charge in [-0.05, 0) is 30.9 Å². The van der Waals surface area contributed by atoms with E-state index in [9.17, 15) is 4.79 Å². The van der Waals surface area contributed by atoms with Gasteiger partial charge < -0.3 is 15.4 Å². The molecule has 1 aromatic rings. The van der Waals surface area contributed by atoms with Gasteiger partial charge in [-0.25, -0.2) is 4.79 Å². The first-order valence-corrected chi connectivity index (χ1v) is 6.29. The van der Waals surface area contributed by atoms with Crippen molar-refractivity contribution in [3.05, 3.63) is 22.7 Å². The minimum Gasteiger partial charge on any atom is -0.465 e. The number of anilines is 2. The van der Waals surface area contributed by atoms with Gasteiger partial charge in [-0.3, -0.25) is 0 Å². The molecule has 1 fully saturated rings. The zero-order valence-corrected chi connectivity index (χ0v) is 11.3. The Balaban J connectivity index is 2.38. The van der Waals surface area contributed by atoms with Crippen LogP contribution in [0.1, 0.15) is 23.2 Å². The van der Waals surface area contributed by atoms with Crippen LogP contribution < -0.4 is 10.6 Å². The van der Waals surface area contributed by atoms with E-state index in [1.165, 1.54) is 20.0 Å². The van der Waals surface area contributed by atoms with Crippen molar-refractivity contribution in [1.82, 2.24) is 0 Å². The van der Waals surface area contributed by atoms with E-state index in [2.05, 4.69) is 0 Å². The fraction of sp³-hybridized carbons (Fsp3) is 0.462. The van der Waals surface area contributed by atoms with E-state index in [1.54, 1.807) is 12.1 Å². The van der Waals surface area contributed by atoms with Crippen LogP contribution in [0.5, 0.6) is 0 Å². The number of esters is 1. The molecule has 0 amide bonds. The highest BCUT2D eigenvalue weighted by atomic mass is 35.5. The number of carbonyl (C=O) groups excluding carboxylic acids is 1. The lowest BCUT2D eigenvalue weighted by molar-refractivity contribution is 0.0601. The zero-order chi connectivity index (χ0) is 13.3. The first-order valence-electron chi connectivity index (χ1n) is 5.91. The van der Waals surface area contributed by atoms with Crippen molar-refractivity contribution in [3.63, 3.8) is 0 Å². The van der Waals surface area contributed by atoms with E-state index in [1.807, 2.05) is 11.9 Å². The first kappa shape index (κ1) is 13.0. The number of hydrogen-bond donors (Lipinski definition) is 1. The summed E-state index contributed by atoms with van der Waals surface area (Å²) >= 11 is 6.20. The maximum Gasteiger partial charge on any atom is 0.340 e. The van der Waals surface area contributed by atoms with Gasteiger partial charge in [0.15, 0.2) is 0 Å². The highest BCUT2D eigenvalue weighted by molar-refractivity contribution is 6.34. The molecule has 0 aliphatic heterocycles. The highest BCUT2D eigenvalue weighted by Gasteiger charge is 2.26. The van der Waals surface area contributed by atoms with Crippen molar-refractivity contribution in [2.45, 2.75) is 12.8 Å². The third-order valence-corrected chi connectivity index (χ3v) is 3.39. The van der Waals surface area contributed by atoms with Gasteiger partial charge in [0.05, 0.1) is 23.4 Å². The minimum atomic E-state index is -0.415. The largest absolute Gasteiger partial charge is 0.465 e. The number of carbonyl (C=O) groups is 1. The van der Waals surface area contributed by atoms with Crippen molar-refractivity contribution in [1.29, 1.82) is 0 Å². The van der Waals surface area contributed by atoms with Gasteiger partial charge in [-0.1, -0.05) is 11.6 Å². The Kier molecular flexibility index (Phi) is 3.66. The third-order valence-electron chi connectivity index (χ3n) is 3.10. The van der Waals surface area contributed by atoms with Crippen molar-refractivity contribution >= 4 is 28.9 Å². The van der Waals surface area contributed by atoms with Crippen molar-refractivity contribution in [2.75, 3.05) is 31.3 Å². The van der Waals surface area contributed by atoms with E-state index in [0.717, 1.165) is 6.54 Å². The predicted octanol–water partition coefficient (Wildman–Crippen LogP) is 2.56. The fourth-order valence-electron chi connectivity index (χ4n) is 2.05. The molecule has 18 heavy (non-hydrogen) atoms. The van der Waals surface area contributed by atoms with Crippen LogP contribution in [0, 0.1) is 5.92 Å². The molecule has 0 heterocycles. The molecule has 0 bridgehead atoms. The molecule has 0 spiro atoms. The second-order valence-corrected chi connectivity index (χ2v) is 5.12. The van der Waals surface area contributed by atoms with Crippen LogP contribution in [-0.4, -0.2) is 26.7 Å². The maximum atomic E-state index is 11.8. The van der Waals surface area contributed by atoms with Crippen LogP contribution >= 0.6 is 11.6 Å². The van der Waals surface area contributed by atoms with Gasteiger partial charge in [0.2, 0.25) is 0 Å². The van der Waals surface area contributed by atoms with Crippen molar-refractivity contribution in [2.24, 2.45) is 5.92 Å². The van der Waals surface area contributed by atoms with Gasteiger partial charge in [0.25, 0.3) is 0 Å². The van der Waals surface area contributed by atoms with Crippen LogP contribution in [0.3, 0.4) is 0 Å². The number of nitrogens with zero attached hydrogens (tertiary/aromatic N) is 1. The Hall–Kier alpha value is -1.42. The van der Waals surface area contributed by atoms with Crippen LogP contribution in [0.2, 0.25) is 5.02 Å². The molecule has 4 nitrogen and oxygen atoms in total. The molecule has 1 aliphatic rings. The Bertz CT molecular complexity index is 472. The van der Waals surface area contributed by atoms with E-state index < -0.39 is 5.97 Å². The monoisotopic (exact) mass is 268 g/mol. The molecule has 5 heteroatoms. The summed E-state index contributed by atoms with van der Waals surface area (Å²) in [6, 6.07) is 3.27. The lowest BCUT2D eigenvalue weighted by Gasteiger charge is -2.23. The van der Waals surface area contributed by atoms with E-state index in [0.29, 0.717) is 27.9 Å². The lowest BCUT2D eigenvalue weighted by Crippen LogP contribution is -2.23. The summed E-state index contributed by atoms with van der Waals surface area (Å²) in [6.07, 6.45) is 2.48. The van der Waals surface area contributed by atoms with Gasteiger partial charge in [0, 0.05) is 19.3 Å². The van der Waals surface area contributed by atoms with Crippen LogP contribution in [-0.2, 0) is 4.74 Å². The molecule has 2 rings (SSSR count). The van der Waals surface area contributed by atoms with Crippen LogP contribution in [0.25, 0.3) is 0 Å². The highest BCUT2D eigenvalue weighted by Crippen LogP contribution is 2.36. The second kappa shape index (κ2) is 5.06. The molecule has 0 atom stereocenters. The Labute approximate surface area is 112 Å². The van der Waals surface area contributed by atoms with E-state index in [4.69, 9.17) is 22.1 Å². The number of benzene rings is 1. The molecule has 0 unspecified atom stereocenters. The summed E-state index contributed by atoms with van der Waals surface area (Å²) < 4.78 is 4.78. The Morgan fingerprint density at radius 2 is 2.22 bits per heavy atom. The number of rotatable bonds is 4. The predicted molar refractivity (Wildman–Crippen MR) is 73.2 cm³/mol. The molecule has 1 aromatic carbocycles. The molecule has 2 N–H and O–H groups in total. The quantitative estimate of drug-likeness (QED) is 0.674.